The minimum Gasteiger partial charge on any atom is -0.406 e. The normalized spacial score (nSPS) is 17.0. The second-order valence-electron chi connectivity index (χ2n) is 10.2. The monoisotopic (exact) mass is 617 g/mol. The molecule has 0 saturated carbocycles. The van der Waals surface area contributed by atoms with E-state index in [9.17, 15) is 18.0 Å². The summed E-state index contributed by atoms with van der Waals surface area (Å²) in [4.78, 5) is 23.3. The van der Waals surface area contributed by atoms with Crippen LogP contribution in [0, 0.1) is 6.92 Å². The lowest BCUT2D eigenvalue weighted by molar-refractivity contribution is -0.274. The number of benzene rings is 3. The number of aryl methyl sites for hydroxylation is 1. The topological polar surface area (TPSA) is 97.0 Å². The molecule has 1 fully saturated rings. The number of hydrazone groups is 1. The number of hydrogen-bond acceptors (Lipinski definition) is 6. The Morgan fingerprint density at radius 2 is 1.98 bits per heavy atom. The van der Waals surface area contributed by atoms with Crippen LogP contribution in [0.2, 0.25) is 0 Å². The Morgan fingerprint density at radius 1 is 1.16 bits per heavy atom. The fourth-order valence-electron chi connectivity index (χ4n) is 4.99. The van der Waals surface area contributed by atoms with Crippen LogP contribution in [0.4, 0.5) is 23.7 Å². The van der Waals surface area contributed by atoms with Crippen LogP contribution < -0.4 is 15.1 Å². The van der Waals surface area contributed by atoms with E-state index in [4.69, 9.17) is 0 Å². The number of alkyl halides is 3. The van der Waals surface area contributed by atoms with Gasteiger partial charge < -0.3 is 4.74 Å². The van der Waals surface area contributed by atoms with E-state index >= 15 is 0 Å². The molecule has 4 aromatic rings. The van der Waals surface area contributed by atoms with Crippen molar-refractivity contribution in [3.8, 4) is 22.8 Å². The number of halogens is 3. The van der Waals surface area contributed by atoms with Crippen LogP contribution >= 0.6 is 11.8 Å². The number of anilines is 1. The van der Waals surface area contributed by atoms with Gasteiger partial charge in [-0.1, -0.05) is 55.1 Å². The number of amides is 2. The molecule has 0 bridgehead atoms. The summed E-state index contributed by atoms with van der Waals surface area (Å²) in [6.07, 6.45) is 0.956. The molecule has 3 heterocycles. The number of thioether (sulfide) groups is 1. The zero-order valence-electron chi connectivity index (χ0n) is 23.6. The van der Waals surface area contributed by atoms with Gasteiger partial charge in [0.1, 0.15) is 12.1 Å². The van der Waals surface area contributed by atoms with Crippen molar-refractivity contribution in [2.45, 2.75) is 32.5 Å². The van der Waals surface area contributed by atoms with E-state index in [-0.39, 0.29) is 5.75 Å². The zero-order chi connectivity index (χ0) is 30.8. The minimum absolute atomic E-state index is 0.294. The van der Waals surface area contributed by atoms with Crippen molar-refractivity contribution in [1.82, 2.24) is 20.2 Å². The summed E-state index contributed by atoms with van der Waals surface area (Å²) in [5.74, 6) is 1.16. The van der Waals surface area contributed by atoms with E-state index in [2.05, 4.69) is 66.4 Å². The molecule has 3 aromatic carbocycles. The predicted octanol–water partition coefficient (Wildman–Crippen LogP) is 6.99. The number of hydrogen-bond donors (Lipinski definition) is 1. The SMILES string of the molecule is Cc1ccc2c(c1)N1C(=CC2C)CS/C1=N\C(=O)N/N=C/Cc1cccc(-c2ncn(-c3ccc(OC(F)(F)F)cc3)n2)c1. The number of aliphatic imine (C=N–C) groups is 1. The van der Waals surface area contributed by atoms with E-state index in [1.54, 1.807) is 6.21 Å². The van der Waals surface area contributed by atoms with Crippen LogP contribution in [0.5, 0.6) is 5.75 Å². The number of nitrogens with zero attached hydrogens (tertiary/aromatic N) is 6. The highest BCUT2D eigenvalue weighted by Gasteiger charge is 2.33. The van der Waals surface area contributed by atoms with Crippen molar-refractivity contribution in [3.63, 3.8) is 0 Å². The first-order valence-electron chi connectivity index (χ1n) is 13.6. The maximum Gasteiger partial charge on any atom is 0.573 e. The number of nitrogens with one attached hydrogen (secondary N) is 1. The summed E-state index contributed by atoms with van der Waals surface area (Å²) in [6.45, 7) is 4.22. The molecule has 1 atom stereocenters. The summed E-state index contributed by atoms with van der Waals surface area (Å²) >= 11 is 1.52. The Labute approximate surface area is 255 Å². The van der Waals surface area contributed by atoms with Gasteiger partial charge in [0.25, 0.3) is 0 Å². The number of carbonyl (C=O) groups is 1. The first-order valence-corrected chi connectivity index (χ1v) is 14.6. The van der Waals surface area contributed by atoms with Gasteiger partial charge in [-0.25, -0.2) is 19.9 Å². The molecular formula is C31H26F3N7O2S. The third-order valence-electron chi connectivity index (χ3n) is 6.97. The number of ether oxygens (including phenoxy) is 1. The van der Waals surface area contributed by atoms with Gasteiger partial charge >= 0.3 is 12.4 Å². The van der Waals surface area contributed by atoms with Gasteiger partial charge in [-0.3, -0.25) is 4.90 Å². The van der Waals surface area contributed by atoms with E-state index in [0.29, 0.717) is 29.0 Å². The van der Waals surface area contributed by atoms with Gasteiger partial charge in [0.15, 0.2) is 11.0 Å². The van der Waals surface area contributed by atoms with E-state index in [0.717, 1.165) is 33.8 Å². The second kappa shape index (κ2) is 12.0. The fourth-order valence-corrected chi connectivity index (χ4v) is 5.98. The van der Waals surface area contributed by atoms with E-state index in [1.807, 2.05) is 31.2 Å². The molecule has 0 radical (unpaired) electrons. The summed E-state index contributed by atoms with van der Waals surface area (Å²) in [7, 11) is 0. The van der Waals surface area contributed by atoms with Gasteiger partial charge in [0.05, 0.1) is 11.4 Å². The molecule has 1 saturated heterocycles. The van der Waals surface area contributed by atoms with Crippen LogP contribution in [0.15, 0.2) is 94.9 Å². The molecule has 2 aliphatic heterocycles. The molecule has 1 unspecified atom stereocenters. The molecule has 2 aliphatic rings. The molecule has 13 heteroatoms. The molecule has 9 nitrogen and oxygen atoms in total. The Bertz CT molecular complexity index is 1800. The number of urea groups is 1. The fraction of sp³-hybridized carbons (Fsp3) is 0.194. The first kappa shape index (κ1) is 29.2. The van der Waals surface area contributed by atoms with Crippen LogP contribution in [0.3, 0.4) is 0 Å². The summed E-state index contributed by atoms with van der Waals surface area (Å²) in [5.41, 5.74) is 9.20. The van der Waals surface area contributed by atoms with Gasteiger partial charge in [-0.15, -0.1) is 18.3 Å². The van der Waals surface area contributed by atoms with Crippen molar-refractivity contribution in [1.29, 1.82) is 0 Å². The highest BCUT2D eigenvalue weighted by atomic mass is 32.2. The number of aromatic nitrogens is 3. The van der Waals surface area contributed by atoms with Gasteiger partial charge in [-0.2, -0.15) is 10.1 Å². The van der Waals surface area contributed by atoms with Crippen molar-refractivity contribution in [2.24, 2.45) is 10.1 Å². The lowest BCUT2D eigenvalue weighted by Gasteiger charge is -2.30. The molecule has 224 valence electrons. The van der Waals surface area contributed by atoms with Crippen LogP contribution in [0.1, 0.15) is 29.5 Å². The third-order valence-corrected chi connectivity index (χ3v) is 7.95. The standard InChI is InChI=1S/C31H26F3N7O2S/c1-19-6-11-26-20(2)15-24-17-44-30(41(24)27(26)14-19)37-29(42)38-36-13-12-21-4-3-5-22(16-21)28-35-18-40(39-28)23-7-9-25(10-8-23)43-31(32,33)34/h3-11,13-16,18,20H,12,17H2,1-2H3,(H,38,42)/b36-13+,37-30-. The van der Waals surface area contributed by atoms with Crippen molar-refractivity contribution in [3.05, 3.63) is 102 Å². The van der Waals surface area contributed by atoms with Crippen LogP contribution in [0.25, 0.3) is 17.1 Å². The minimum atomic E-state index is -4.76. The smallest absolute Gasteiger partial charge is 0.406 e. The van der Waals surface area contributed by atoms with Crippen molar-refractivity contribution >= 4 is 34.9 Å². The first-order chi connectivity index (χ1) is 21.1. The molecular weight excluding hydrogens is 591 g/mol. The molecule has 6 rings (SSSR count). The molecule has 0 spiro atoms. The molecule has 0 aliphatic carbocycles. The maximum absolute atomic E-state index is 12.6. The van der Waals surface area contributed by atoms with Gasteiger partial charge in [0.2, 0.25) is 0 Å². The highest BCUT2D eigenvalue weighted by molar-refractivity contribution is 8.14. The highest BCUT2D eigenvalue weighted by Crippen LogP contribution is 2.43. The second-order valence-corrected chi connectivity index (χ2v) is 11.2. The maximum atomic E-state index is 12.6. The third kappa shape index (κ3) is 6.52. The number of allylic oxidation sites excluding steroid dienone is 1. The average molecular weight is 618 g/mol. The number of amidine groups is 1. The molecule has 44 heavy (non-hydrogen) atoms. The number of fused-ring (bicyclic) bond motifs is 3. The number of carbonyl (C=O) groups excluding carboxylic acids is 1. The largest absolute Gasteiger partial charge is 0.573 e. The molecule has 1 aromatic heterocycles. The Hall–Kier alpha value is -4.91. The van der Waals surface area contributed by atoms with E-state index in [1.165, 1.54) is 52.6 Å². The van der Waals surface area contributed by atoms with Gasteiger partial charge in [-0.05, 0) is 60.0 Å². The molecule has 1 N–H and O–H groups in total. The van der Waals surface area contributed by atoms with Crippen molar-refractivity contribution < 1.29 is 22.7 Å². The lowest BCUT2D eigenvalue weighted by atomic mass is 9.93. The predicted molar refractivity (Wildman–Crippen MR) is 164 cm³/mol. The Morgan fingerprint density at radius 3 is 2.77 bits per heavy atom. The Kier molecular flexibility index (Phi) is 7.95. The molecule has 2 amide bonds. The van der Waals surface area contributed by atoms with Crippen LogP contribution in [-0.4, -0.2) is 44.3 Å². The zero-order valence-corrected chi connectivity index (χ0v) is 24.4. The van der Waals surface area contributed by atoms with Gasteiger partial charge in [0, 0.05) is 35.6 Å². The lowest BCUT2D eigenvalue weighted by Crippen LogP contribution is -2.28. The van der Waals surface area contributed by atoms with Crippen molar-refractivity contribution in [2.75, 3.05) is 10.7 Å². The average Bonchev–Trinajstić information content (AvgIpc) is 3.63. The number of rotatable bonds is 6. The Balaban J connectivity index is 1.07. The van der Waals surface area contributed by atoms with Crippen LogP contribution in [-0.2, 0) is 6.42 Å². The summed E-state index contributed by atoms with van der Waals surface area (Å²) in [5, 5.41) is 9.13. The summed E-state index contributed by atoms with van der Waals surface area (Å²) in [6, 6.07) is 18.6. The van der Waals surface area contributed by atoms with E-state index < -0.39 is 12.4 Å². The summed E-state index contributed by atoms with van der Waals surface area (Å²) < 4.78 is 42.6. The quantitative estimate of drug-likeness (QED) is 0.185.